The Hall–Kier alpha value is -0.710. The fourth-order valence-electron chi connectivity index (χ4n) is 1.59. The van der Waals surface area contributed by atoms with Crippen molar-refractivity contribution in [2.75, 3.05) is 0 Å². The third-order valence-corrected chi connectivity index (χ3v) is 4.71. The van der Waals surface area contributed by atoms with Crippen molar-refractivity contribution in [2.45, 2.75) is 32.4 Å². The predicted octanol–water partition coefficient (Wildman–Crippen LogP) is 3.43. The van der Waals surface area contributed by atoms with Gasteiger partial charge in [-0.2, -0.15) is 0 Å². The summed E-state index contributed by atoms with van der Waals surface area (Å²) in [4.78, 5) is 7.30. The van der Waals surface area contributed by atoms with Gasteiger partial charge in [0.2, 0.25) is 0 Å². The summed E-state index contributed by atoms with van der Waals surface area (Å²) in [7, 11) is 0. The molecule has 2 nitrogen and oxygen atoms in total. The molecule has 0 saturated heterocycles. The fraction of sp³-hybridized carbons (Fsp3) is 0.417. The first-order valence-electron chi connectivity index (χ1n) is 5.56. The summed E-state index contributed by atoms with van der Waals surface area (Å²) in [6, 6.07) is 5.08. The van der Waals surface area contributed by atoms with Crippen LogP contribution in [0.5, 0.6) is 0 Å². The van der Waals surface area contributed by atoms with Crippen LogP contribution in [0.4, 0.5) is 0 Å². The monoisotopic (exact) mass is 250 g/mol. The van der Waals surface area contributed by atoms with Gasteiger partial charge >= 0.3 is 0 Å². The molecule has 0 atom stereocenters. The molecule has 0 spiro atoms. The second-order valence-electron chi connectivity index (χ2n) is 4.21. The lowest BCUT2D eigenvalue weighted by atomic mass is 10.4. The first-order valence-corrected chi connectivity index (χ1v) is 7.25. The minimum atomic E-state index is 0.758. The van der Waals surface area contributed by atoms with E-state index < -0.39 is 0 Å². The summed E-state index contributed by atoms with van der Waals surface area (Å²) in [5.74, 6) is 0. The average molecular weight is 250 g/mol. The molecule has 1 fully saturated rings. The van der Waals surface area contributed by atoms with Crippen LogP contribution >= 0.6 is 22.7 Å². The van der Waals surface area contributed by atoms with Crippen molar-refractivity contribution in [3.05, 3.63) is 28.1 Å². The minimum absolute atomic E-state index is 0.758. The maximum Gasteiger partial charge on any atom is 0.133 e. The Morgan fingerprint density at radius 3 is 3.00 bits per heavy atom. The molecule has 84 valence electrons. The van der Waals surface area contributed by atoms with Crippen LogP contribution in [0.25, 0.3) is 9.88 Å². The number of hydrogen-bond donors (Lipinski definition) is 1. The molecule has 4 heteroatoms. The van der Waals surface area contributed by atoms with Crippen molar-refractivity contribution >= 4 is 22.7 Å². The van der Waals surface area contributed by atoms with E-state index in [2.05, 4.69) is 34.7 Å². The van der Waals surface area contributed by atoms with E-state index in [1.165, 1.54) is 28.3 Å². The lowest BCUT2D eigenvalue weighted by molar-refractivity contribution is 0.678. The van der Waals surface area contributed by atoms with Crippen LogP contribution in [0.1, 0.15) is 23.4 Å². The number of aromatic nitrogens is 1. The zero-order valence-electron chi connectivity index (χ0n) is 9.19. The van der Waals surface area contributed by atoms with Gasteiger partial charge in [0.05, 0.1) is 10.6 Å². The van der Waals surface area contributed by atoms with Crippen LogP contribution < -0.4 is 5.32 Å². The van der Waals surface area contributed by atoms with Crippen molar-refractivity contribution < 1.29 is 0 Å². The van der Waals surface area contributed by atoms with Gasteiger partial charge in [-0.25, -0.2) is 4.98 Å². The van der Waals surface area contributed by atoms with Gasteiger partial charge in [0.25, 0.3) is 0 Å². The Morgan fingerprint density at radius 2 is 2.31 bits per heavy atom. The van der Waals surface area contributed by atoms with Gasteiger partial charge < -0.3 is 5.32 Å². The molecule has 0 unspecified atom stereocenters. The smallest absolute Gasteiger partial charge is 0.133 e. The van der Waals surface area contributed by atoms with E-state index in [1.54, 1.807) is 11.3 Å². The van der Waals surface area contributed by atoms with Crippen molar-refractivity contribution in [3.8, 4) is 9.88 Å². The zero-order chi connectivity index (χ0) is 11.0. The minimum Gasteiger partial charge on any atom is -0.308 e. The van der Waals surface area contributed by atoms with Crippen molar-refractivity contribution in [1.29, 1.82) is 0 Å². The van der Waals surface area contributed by atoms with Gasteiger partial charge in [-0.15, -0.1) is 22.7 Å². The number of thiazole rings is 1. The average Bonchev–Trinajstić information content (AvgIpc) is 2.81. The third-order valence-electron chi connectivity index (χ3n) is 2.65. The Kier molecular flexibility index (Phi) is 2.79. The molecule has 0 aliphatic heterocycles. The topological polar surface area (TPSA) is 24.9 Å². The number of nitrogens with zero attached hydrogens (tertiary/aromatic N) is 1. The third kappa shape index (κ3) is 2.34. The molecule has 16 heavy (non-hydrogen) atoms. The van der Waals surface area contributed by atoms with Crippen LogP contribution in [-0.4, -0.2) is 11.0 Å². The molecule has 2 aromatic rings. The highest BCUT2D eigenvalue weighted by Crippen LogP contribution is 2.30. The first kappa shape index (κ1) is 10.4. The quantitative estimate of drug-likeness (QED) is 0.899. The standard InChI is InChI=1S/C12H14N2S2/c1-8-2-5-11(16-8)12-14-10(7-15-12)6-13-9-3-4-9/h2,5,7,9,13H,3-4,6H2,1H3. The second kappa shape index (κ2) is 4.28. The maximum absolute atomic E-state index is 4.66. The fourth-order valence-corrected chi connectivity index (χ4v) is 3.35. The highest BCUT2D eigenvalue weighted by atomic mass is 32.1. The summed E-state index contributed by atoms with van der Waals surface area (Å²) >= 11 is 3.57. The zero-order valence-corrected chi connectivity index (χ0v) is 10.8. The van der Waals surface area contributed by atoms with Gasteiger partial charge in [-0.1, -0.05) is 0 Å². The van der Waals surface area contributed by atoms with Crippen LogP contribution in [0.2, 0.25) is 0 Å². The Bertz CT molecular complexity index is 483. The summed E-state index contributed by atoms with van der Waals surface area (Å²) < 4.78 is 0. The van der Waals surface area contributed by atoms with E-state index in [9.17, 15) is 0 Å². The van der Waals surface area contributed by atoms with Crippen molar-refractivity contribution in [2.24, 2.45) is 0 Å². The predicted molar refractivity (Wildman–Crippen MR) is 70.0 cm³/mol. The van der Waals surface area contributed by atoms with Crippen molar-refractivity contribution in [3.63, 3.8) is 0 Å². The van der Waals surface area contributed by atoms with Crippen LogP contribution in [0, 0.1) is 6.92 Å². The first-order chi connectivity index (χ1) is 7.81. The van der Waals surface area contributed by atoms with E-state index >= 15 is 0 Å². The molecule has 2 heterocycles. The number of nitrogens with one attached hydrogen (secondary N) is 1. The summed E-state index contributed by atoms with van der Waals surface area (Å²) in [5.41, 5.74) is 1.18. The molecule has 1 aliphatic rings. The van der Waals surface area contributed by atoms with Gasteiger partial charge in [0, 0.05) is 22.8 Å². The molecule has 1 aliphatic carbocycles. The van der Waals surface area contributed by atoms with Crippen molar-refractivity contribution in [1.82, 2.24) is 10.3 Å². The van der Waals surface area contributed by atoms with E-state index in [1.807, 2.05) is 11.3 Å². The SMILES string of the molecule is Cc1ccc(-c2nc(CNC3CC3)cs2)s1. The second-order valence-corrected chi connectivity index (χ2v) is 6.36. The Morgan fingerprint density at radius 1 is 1.44 bits per heavy atom. The lowest BCUT2D eigenvalue weighted by Gasteiger charge is -1.97. The molecule has 1 N–H and O–H groups in total. The number of thiophene rings is 1. The van der Waals surface area contributed by atoms with Gasteiger partial charge in [-0.3, -0.25) is 0 Å². The summed E-state index contributed by atoms with van der Waals surface area (Å²) in [6.45, 7) is 3.06. The van der Waals surface area contributed by atoms with Gasteiger partial charge in [-0.05, 0) is 31.9 Å². The number of rotatable bonds is 4. The van der Waals surface area contributed by atoms with Gasteiger partial charge in [0.15, 0.2) is 0 Å². The molecule has 0 radical (unpaired) electrons. The molecular weight excluding hydrogens is 236 g/mol. The molecule has 0 amide bonds. The van der Waals surface area contributed by atoms with Crippen LogP contribution in [-0.2, 0) is 6.54 Å². The normalized spacial score (nSPS) is 15.6. The Labute approximate surface area is 103 Å². The molecule has 0 aromatic carbocycles. The van der Waals surface area contributed by atoms with E-state index in [4.69, 9.17) is 0 Å². The number of hydrogen-bond acceptors (Lipinski definition) is 4. The summed E-state index contributed by atoms with van der Waals surface area (Å²) in [6.07, 6.45) is 2.67. The summed E-state index contributed by atoms with van der Waals surface area (Å²) in [5, 5.41) is 6.81. The highest BCUT2D eigenvalue weighted by Gasteiger charge is 2.20. The largest absolute Gasteiger partial charge is 0.308 e. The van der Waals surface area contributed by atoms with Gasteiger partial charge in [0.1, 0.15) is 5.01 Å². The van der Waals surface area contributed by atoms with E-state index in [-0.39, 0.29) is 0 Å². The number of aryl methyl sites for hydroxylation is 1. The molecular formula is C12H14N2S2. The maximum atomic E-state index is 4.66. The Balaban J connectivity index is 1.71. The van der Waals surface area contributed by atoms with Crippen LogP contribution in [0.3, 0.4) is 0 Å². The molecule has 2 aromatic heterocycles. The van der Waals surface area contributed by atoms with E-state index in [0.717, 1.165) is 17.6 Å². The van der Waals surface area contributed by atoms with Crippen LogP contribution in [0.15, 0.2) is 17.5 Å². The highest BCUT2D eigenvalue weighted by molar-refractivity contribution is 7.21. The lowest BCUT2D eigenvalue weighted by Crippen LogP contribution is -2.15. The molecule has 0 bridgehead atoms. The van der Waals surface area contributed by atoms with E-state index in [0.29, 0.717) is 0 Å². The molecule has 1 saturated carbocycles. The molecule has 3 rings (SSSR count).